The predicted molar refractivity (Wildman–Crippen MR) is 53.9 cm³/mol. The molecule has 0 amide bonds. The highest BCUT2D eigenvalue weighted by atomic mass is 15.3. The third-order valence-electron chi connectivity index (χ3n) is 2.71. The van der Waals surface area contributed by atoms with Gasteiger partial charge in [-0.25, -0.2) is 4.98 Å². The third kappa shape index (κ3) is 1.68. The normalized spacial score (nSPS) is 17.9. The molecule has 0 spiro atoms. The molecule has 0 unspecified atom stereocenters. The number of anilines is 1. The first-order valence-electron chi connectivity index (χ1n) is 4.81. The molecule has 0 radical (unpaired) electrons. The summed E-state index contributed by atoms with van der Waals surface area (Å²) in [5.74, 6) is 0.594. The van der Waals surface area contributed by atoms with E-state index >= 15 is 0 Å². The van der Waals surface area contributed by atoms with Crippen LogP contribution in [0.25, 0.3) is 0 Å². The van der Waals surface area contributed by atoms with Gasteiger partial charge in [0.15, 0.2) is 0 Å². The van der Waals surface area contributed by atoms with E-state index in [9.17, 15) is 0 Å². The monoisotopic (exact) mass is 193 g/mol. The Kier molecular flexibility index (Phi) is 2.11. The van der Waals surface area contributed by atoms with Crippen LogP contribution >= 0.6 is 0 Å². The molecule has 1 saturated carbocycles. The van der Waals surface area contributed by atoms with Gasteiger partial charge >= 0.3 is 0 Å². The second-order valence-corrected chi connectivity index (χ2v) is 3.92. The van der Waals surface area contributed by atoms with Crippen molar-refractivity contribution in [2.45, 2.75) is 32.2 Å². The summed E-state index contributed by atoms with van der Waals surface area (Å²) in [6.07, 6.45) is 2.19. The second-order valence-electron chi connectivity index (χ2n) is 3.92. The number of rotatable bonds is 3. The molecule has 3 N–H and O–H groups in total. The maximum atomic E-state index is 5.65. The van der Waals surface area contributed by atoms with E-state index in [1.54, 1.807) is 0 Å². The first-order chi connectivity index (χ1) is 6.65. The van der Waals surface area contributed by atoms with Crippen LogP contribution in [0.4, 0.5) is 5.95 Å². The average molecular weight is 193 g/mol. The van der Waals surface area contributed by atoms with Crippen LogP contribution in [0, 0.1) is 13.8 Å². The fraction of sp³-hybridized carbons (Fsp3) is 0.667. The first-order valence-corrected chi connectivity index (χ1v) is 4.81. The van der Waals surface area contributed by atoms with Crippen molar-refractivity contribution in [3.05, 3.63) is 11.4 Å². The lowest BCUT2D eigenvalue weighted by Gasteiger charge is -2.14. The molecule has 76 valence electrons. The minimum Gasteiger partial charge on any atom is -0.346 e. The van der Waals surface area contributed by atoms with E-state index in [1.165, 1.54) is 0 Å². The van der Waals surface area contributed by atoms with Crippen molar-refractivity contribution < 1.29 is 0 Å². The van der Waals surface area contributed by atoms with E-state index < -0.39 is 0 Å². The Bertz CT molecular complexity index is 345. The van der Waals surface area contributed by atoms with Crippen LogP contribution in [-0.2, 0) is 0 Å². The number of hydrogen-bond acceptors (Lipinski definition) is 5. The molecule has 1 aromatic heterocycles. The first kappa shape index (κ1) is 9.33. The zero-order valence-electron chi connectivity index (χ0n) is 8.54. The smallest absolute Gasteiger partial charge is 0.243 e. The highest BCUT2D eigenvalue weighted by Gasteiger charge is 2.41. The van der Waals surface area contributed by atoms with Gasteiger partial charge in [-0.15, -0.1) is 5.10 Å². The molecule has 5 heteroatoms. The summed E-state index contributed by atoms with van der Waals surface area (Å²) in [6.45, 7) is 4.45. The van der Waals surface area contributed by atoms with Gasteiger partial charge in [0.05, 0.1) is 16.9 Å². The summed E-state index contributed by atoms with van der Waals surface area (Å²) in [5.41, 5.74) is 7.47. The van der Waals surface area contributed by atoms with Crippen molar-refractivity contribution in [3.8, 4) is 0 Å². The van der Waals surface area contributed by atoms with Crippen molar-refractivity contribution in [2.24, 2.45) is 5.73 Å². The van der Waals surface area contributed by atoms with Crippen LogP contribution in [0.1, 0.15) is 24.2 Å². The summed E-state index contributed by atoms with van der Waals surface area (Å²) < 4.78 is 0. The molecule has 0 atom stereocenters. The van der Waals surface area contributed by atoms with Gasteiger partial charge in [0.2, 0.25) is 5.95 Å². The van der Waals surface area contributed by atoms with Crippen molar-refractivity contribution >= 4 is 5.95 Å². The molecule has 0 aliphatic heterocycles. The standard InChI is InChI=1S/C9H15N5/c1-6-7(2)13-14-8(11-6)12-9(5-10)3-4-9/h3-5,10H2,1-2H3,(H,11,12,14). The fourth-order valence-electron chi connectivity index (χ4n) is 1.28. The van der Waals surface area contributed by atoms with Crippen LogP contribution in [0.5, 0.6) is 0 Å². The van der Waals surface area contributed by atoms with Gasteiger partial charge in [0.25, 0.3) is 0 Å². The van der Waals surface area contributed by atoms with Crippen LogP contribution in [0.3, 0.4) is 0 Å². The van der Waals surface area contributed by atoms with Crippen molar-refractivity contribution in [3.63, 3.8) is 0 Å². The number of hydrogen-bond donors (Lipinski definition) is 2. The molecular weight excluding hydrogens is 178 g/mol. The van der Waals surface area contributed by atoms with Gasteiger partial charge in [0, 0.05) is 6.54 Å². The summed E-state index contributed by atoms with van der Waals surface area (Å²) in [5, 5.41) is 11.2. The molecule has 5 nitrogen and oxygen atoms in total. The van der Waals surface area contributed by atoms with E-state index in [0.29, 0.717) is 12.5 Å². The summed E-state index contributed by atoms with van der Waals surface area (Å²) >= 11 is 0. The quantitative estimate of drug-likeness (QED) is 0.726. The Balaban J connectivity index is 2.14. The summed E-state index contributed by atoms with van der Waals surface area (Å²) in [7, 11) is 0. The lowest BCUT2D eigenvalue weighted by Crippen LogP contribution is -2.32. The van der Waals surface area contributed by atoms with E-state index in [0.717, 1.165) is 24.2 Å². The summed E-state index contributed by atoms with van der Waals surface area (Å²) in [4.78, 5) is 4.31. The molecule has 2 rings (SSSR count). The zero-order valence-corrected chi connectivity index (χ0v) is 8.54. The lowest BCUT2D eigenvalue weighted by molar-refractivity contribution is 0.720. The van der Waals surface area contributed by atoms with Gasteiger partial charge in [0.1, 0.15) is 0 Å². The van der Waals surface area contributed by atoms with Crippen molar-refractivity contribution in [1.29, 1.82) is 0 Å². The molecule has 0 aromatic carbocycles. The Labute approximate surface area is 83.1 Å². The van der Waals surface area contributed by atoms with E-state index in [-0.39, 0.29) is 5.54 Å². The molecule has 14 heavy (non-hydrogen) atoms. The molecular formula is C9H15N5. The number of nitrogens with two attached hydrogens (primary N) is 1. The number of aryl methyl sites for hydroxylation is 2. The second kappa shape index (κ2) is 3.16. The summed E-state index contributed by atoms with van der Waals surface area (Å²) in [6, 6.07) is 0. The van der Waals surface area contributed by atoms with Crippen LogP contribution in [0.15, 0.2) is 0 Å². The molecule has 0 bridgehead atoms. The molecule has 1 fully saturated rings. The highest BCUT2D eigenvalue weighted by molar-refractivity contribution is 5.33. The maximum Gasteiger partial charge on any atom is 0.243 e. The topological polar surface area (TPSA) is 76.7 Å². The van der Waals surface area contributed by atoms with E-state index in [1.807, 2.05) is 13.8 Å². The van der Waals surface area contributed by atoms with Crippen LogP contribution in [0.2, 0.25) is 0 Å². The molecule has 1 heterocycles. The average Bonchev–Trinajstić information content (AvgIpc) is 2.93. The van der Waals surface area contributed by atoms with Crippen LogP contribution in [-0.4, -0.2) is 27.3 Å². The number of aromatic nitrogens is 3. The van der Waals surface area contributed by atoms with E-state index in [2.05, 4.69) is 20.5 Å². The zero-order chi connectivity index (χ0) is 10.2. The van der Waals surface area contributed by atoms with Crippen molar-refractivity contribution in [2.75, 3.05) is 11.9 Å². The van der Waals surface area contributed by atoms with Crippen LogP contribution < -0.4 is 11.1 Å². The molecule has 0 saturated heterocycles. The Morgan fingerprint density at radius 3 is 2.50 bits per heavy atom. The largest absolute Gasteiger partial charge is 0.346 e. The van der Waals surface area contributed by atoms with Crippen molar-refractivity contribution in [1.82, 2.24) is 15.2 Å². The fourth-order valence-corrected chi connectivity index (χ4v) is 1.28. The Morgan fingerprint density at radius 2 is 2.00 bits per heavy atom. The molecule has 1 aromatic rings. The van der Waals surface area contributed by atoms with Gasteiger partial charge in [-0.3, -0.25) is 0 Å². The van der Waals surface area contributed by atoms with E-state index in [4.69, 9.17) is 5.73 Å². The highest BCUT2D eigenvalue weighted by Crippen LogP contribution is 2.36. The lowest BCUT2D eigenvalue weighted by atomic mass is 10.3. The number of nitrogens with zero attached hydrogens (tertiary/aromatic N) is 3. The Hall–Kier alpha value is -1.23. The maximum absolute atomic E-state index is 5.65. The van der Waals surface area contributed by atoms with Gasteiger partial charge < -0.3 is 11.1 Å². The Morgan fingerprint density at radius 1 is 1.29 bits per heavy atom. The van der Waals surface area contributed by atoms with Gasteiger partial charge in [-0.2, -0.15) is 5.10 Å². The minimum atomic E-state index is 0.0450. The van der Waals surface area contributed by atoms with Gasteiger partial charge in [-0.1, -0.05) is 0 Å². The molecule has 1 aliphatic rings. The minimum absolute atomic E-state index is 0.0450. The number of nitrogens with one attached hydrogen (secondary N) is 1. The van der Waals surface area contributed by atoms with Gasteiger partial charge in [-0.05, 0) is 26.7 Å². The SMILES string of the molecule is Cc1nnc(NC2(CN)CC2)nc1C. The third-order valence-corrected chi connectivity index (χ3v) is 2.71. The predicted octanol–water partition coefficient (Wildman–Crippen LogP) is 0.392. The molecule has 1 aliphatic carbocycles.